The molecule has 0 radical (unpaired) electrons. The molecule has 0 spiro atoms. The van der Waals surface area contributed by atoms with Crippen LogP contribution in [0.15, 0.2) is 35.2 Å². The summed E-state index contributed by atoms with van der Waals surface area (Å²) in [5.74, 6) is 1.17. The van der Waals surface area contributed by atoms with Gasteiger partial charge in [-0.3, -0.25) is 4.79 Å². The SMILES string of the molecule is CN(C)c1cc(C2CCCN2C(=O)Cc2ccsc2)ccn1. The number of carbonyl (C=O) groups excluding carboxylic acids is 1. The Morgan fingerprint density at radius 3 is 3.05 bits per heavy atom. The molecule has 1 amide bonds. The van der Waals surface area contributed by atoms with Crippen LogP contribution >= 0.6 is 11.3 Å². The Bertz CT molecular complexity index is 639. The summed E-state index contributed by atoms with van der Waals surface area (Å²) >= 11 is 1.64. The van der Waals surface area contributed by atoms with E-state index in [0.717, 1.165) is 30.8 Å². The van der Waals surface area contributed by atoms with Crippen LogP contribution in [0.4, 0.5) is 5.82 Å². The second-order valence-corrected chi connectivity index (χ2v) is 6.68. The zero-order valence-corrected chi connectivity index (χ0v) is 13.8. The normalized spacial score (nSPS) is 17.7. The van der Waals surface area contributed by atoms with Gasteiger partial charge in [-0.25, -0.2) is 4.98 Å². The Morgan fingerprint density at radius 1 is 1.45 bits per heavy atom. The lowest BCUT2D eigenvalue weighted by molar-refractivity contribution is -0.131. The molecule has 0 saturated carbocycles. The molecule has 3 heterocycles. The number of carbonyl (C=O) groups is 1. The summed E-state index contributed by atoms with van der Waals surface area (Å²) in [5.41, 5.74) is 2.30. The van der Waals surface area contributed by atoms with Gasteiger partial charge in [0.15, 0.2) is 0 Å². The first-order valence-electron chi connectivity index (χ1n) is 7.59. The number of amides is 1. The summed E-state index contributed by atoms with van der Waals surface area (Å²) in [7, 11) is 3.97. The van der Waals surface area contributed by atoms with E-state index in [1.54, 1.807) is 11.3 Å². The van der Waals surface area contributed by atoms with Gasteiger partial charge in [-0.05, 0) is 52.9 Å². The number of aromatic nitrogens is 1. The van der Waals surface area contributed by atoms with Gasteiger partial charge in [-0.15, -0.1) is 0 Å². The van der Waals surface area contributed by atoms with Crippen molar-refractivity contribution < 1.29 is 4.79 Å². The largest absolute Gasteiger partial charge is 0.363 e. The molecule has 0 N–H and O–H groups in total. The summed E-state index contributed by atoms with van der Waals surface area (Å²) in [4.78, 5) is 21.0. The van der Waals surface area contributed by atoms with Crippen molar-refractivity contribution in [3.05, 3.63) is 46.3 Å². The minimum atomic E-state index is 0.188. The molecule has 5 heteroatoms. The van der Waals surface area contributed by atoms with E-state index >= 15 is 0 Å². The Kier molecular flexibility index (Phi) is 4.43. The van der Waals surface area contributed by atoms with E-state index in [0.29, 0.717) is 6.42 Å². The van der Waals surface area contributed by atoms with Crippen molar-refractivity contribution in [2.24, 2.45) is 0 Å². The maximum Gasteiger partial charge on any atom is 0.227 e. The van der Waals surface area contributed by atoms with Crippen LogP contribution in [0.3, 0.4) is 0 Å². The van der Waals surface area contributed by atoms with Crippen LogP contribution in [0.1, 0.15) is 30.0 Å². The van der Waals surface area contributed by atoms with Crippen molar-refractivity contribution in [1.29, 1.82) is 0 Å². The maximum atomic E-state index is 12.6. The van der Waals surface area contributed by atoms with E-state index in [1.165, 1.54) is 5.56 Å². The Balaban J connectivity index is 1.78. The summed E-state index contributed by atoms with van der Waals surface area (Å²) in [6.07, 6.45) is 4.45. The van der Waals surface area contributed by atoms with Crippen LogP contribution in [0.2, 0.25) is 0 Å². The Morgan fingerprint density at radius 2 is 2.32 bits per heavy atom. The number of nitrogens with zero attached hydrogens (tertiary/aromatic N) is 3. The van der Waals surface area contributed by atoms with Gasteiger partial charge in [-0.1, -0.05) is 0 Å². The van der Waals surface area contributed by atoms with Crippen LogP contribution in [0.5, 0.6) is 0 Å². The number of likely N-dealkylation sites (tertiary alicyclic amines) is 1. The number of hydrogen-bond acceptors (Lipinski definition) is 4. The first-order valence-corrected chi connectivity index (χ1v) is 8.53. The average Bonchev–Trinajstić information content (AvgIpc) is 3.18. The van der Waals surface area contributed by atoms with Gasteiger partial charge < -0.3 is 9.80 Å². The van der Waals surface area contributed by atoms with E-state index < -0.39 is 0 Å². The molecule has 0 bridgehead atoms. The number of pyridine rings is 1. The third kappa shape index (κ3) is 3.14. The van der Waals surface area contributed by atoms with E-state index in [2.05, 4.69) is 16.4 Å². The molecule has 2 aromatic rings. The lowest BCUT2D eigenvalue weighted by Crippen LogP contribution is -2.31. The first-order chi connectivity index (χ1) is 10.6. The average molecular weight is 315 g/mol. The van der Waals surface area contributed by atoms with Crippen molar-refractivity contribution in [3.8, 4) is 0 Å². The number of thiophene rings is 1. The fourth-order valence-corrected chi connectivity index (χ4v) is 3.64. The van der Waals surface area contributed by atoms with Crippen LogP contribution in [0.25, 0.3) is 0 Å². The summed E-state index contributed by atoms with van der Waals surface area (Å²) in [6.45, 7) is 0.854. The minimum Gasteiger partial charge on any atom is -0.363 e. The van der Waals surface area contributed by atoms with Crippen molar-refractivity contribution in [1.82, 2.24) is 9.88 Å². The molecule has 1 aliphatic rings. The molecular formula is C17H21N3OS. The van der Waals surface area contributed by atoms with E-state index in [-0.39, 0.29) is 11.9 Å². The standard InChI is InChI=1S/C17H21N3OS/c1-19(2)16-11-14(5-7-18-16)15-4-3-8-20(15)17(21)10-13-6-9-22-12-13/h5-7,9,11-12,15H,3-4,8,10H2,1-2H3. The molecule has 3 rings (SSSR count). The summed E-state index contributed by atoms with van der Waals surface area (Å²) < 4.78 is 0. The Labute approximate surface area is 135 Å². The highest BCUT2D eigenvalue weighted by atomic mass is 32.1. The number of hydrogen-bond donors (Lipinski definition) is 0. The van der Waals surface area contributed by atoms with Crippen LogP contribution in [0, 0.1) is 0 Å². The highest BCUT2D eigenvalue weighted by molar-refractivity contribution is 7.07. The third-order valence-electron chi connectivity index (χ3n) is 4.12. The minimum absolute atomic E-state index is 0.188. The molecule has 116 valence electrons. The third-order valence-corrected chi connectivity index (χ3v) is 4.85. The van der Waals surface area contributed by atoms with Crippen molar-refractivity contribution in [3.63, 3.8) is 0 Å². The fourth-order valence-electron chi connectivity index (χ4n) is 2.97. The second-order valence-electron chi connectivity index (χ2n) is 5.90. The quantitative estimate of drug-likeness (QED) is 0.870. The maximum absolute atomic E-state index is 12.6. The van der Waals surface area contributed by atoms with Crippen molar-refractivity contribution >= 4 is 23.1 Å². The first kappa shape index (κ1) is 15.0. The highest BCUT2D eigenvalue weighted by Crippen LogP contribution is 2.33. The number of rotatable bonds is 4. The number of anilines is 1. The highest BCUT2D eigenvalue weighted by Gasteiger charge is 2.30. The fraction of sp³-hybridized carbons (Fsp3) is 0.412. The predicted molar refractivity (Wildman–Crippen MR) is 90.3 cm³/mol. The van der Waals surface area contributed by atoms with Crippen LogP contribution in [-0.2, 0) is 11.2 Å². The molecule has 0 aromatic carbocycles. The molecule has 2 aromatic heterocycles. The van der Waals surface area contributed by atoms with Gasteiger partial charge in [0.2, 0.25) is 5.91 Å². The lowest BCUT2D eigenvalue weighted by Gasteiger charge is -2.26. The molecule has 0 aliphatic carbocycles. The van der Waals surface area contributed by atoms with Gasteiger partial charge in [-0.2, -0.15) is 11.3 Å². The molecule has 4 nitrogen and oxygen atoms in total. The zero-order valence-electron chi connectivity index (χ0n) is 13.0. The molecular weight excluding hydrogens is 294 g/mol. The monoisotopic (exact) mass is 315 g/mol. The van der Waals surface area contributed by atoms with E-state index in [4.69, 9.17) is 0 Å². The lowest BCUT2D eigenvalue weighted by atomic mass is 10.1. The molecule has 1 fully saturated rings. The van der Waals surface area contributed by atoms with Crippen molar-refractivity contribution in [2.75, 3.05) is 25.5 Å². The van der Waals surface area contributed by atoms with Crippen LogP contribution < -0.4 is 4.90 Å². The van der Waals surface area contributed by atoms with Gasteiger partial charge in [0.05, 0.1) is 12.5 Å². The topological polar surface area (TPSA) is 36.4 Å². The molecule has 1 saturated heterocycles. The van der Waals surface area contributed by atoms with Gasteiger partial charge >= 0.3 is 0 Å². The molecule has 22 heavy (non-hydrogen) atoms. The van der Waals surface area contributed by atoms with Gasteiger partial charge in [0.25, 0.3) is 0 Å². The van der Waals surface area contributed by atoms with Crippen molar-refractivity contribution in [2.45, 2.75) is 25.3 Å². The zero-order chi connectivity index (χ0) is 15.5. The van der Waals surface area contributed by atoms with E-state index in [1.807, 2.05) is 47.6 Å². The summed E-state index contributed by atoms with van der Waals surface area (Å²) in [6, 6.07) is 6.35. The van der Waals surface area contributed by atoms with Gasteiger partial charge in [0.1, 0.15) is 5.82 Å². The molecule has 1 aliphatic heterocycles. The smallest absolute Gasteiger partial charge is 0.227 e. The van der Waals surface area contributed by atoms with Crippen LogP contribution in [-0.4, -0.2) is 36.4 Å². The van der Waals surface area contributed by atoms with Gasteiger partial charge in [0, 0.05) is 26.8 Å². The molecule has 1 unspecified atom stereocenters. The summed E-state index contributed by atoms with van der Waals surface area (Å²) in [5, 5.41) is 4.08. The second kappa shape index (κ2) is 6.48. The molecule has 1 atom stereocenters. The predicted octanol–water partition coefficient (Wildman–Crippen LogP) is 3.12. The van der Waals surface area contributed by atoms with E-state index in [9.17, 15) is 4.79 Å². The Hall–Kier alpha value is -1.88.